The predicted octanol–water partition coefficient (Wildman–Crippen LogP) is 7.20. The molecule has 58 heavy (non-hydrogen) atoms. The smallest absolute Gasteiger partial charge is 0.318 e. The van der Waals surface area contributed by atoms with Crippen molar-refractivity contribution in [3.05, 3.63) is 169 Å². The van der Waals surface area contributed by atoms with Gasteiger partial charge in [-0.2, -0.15) is 0 Å². The molecule has 302 valence electrons. The summed E-state index contributed by atoms with van der Waals surface area (Å²) < 4.78 is 3.97. The predicted molar refractivity (Wildman–Crippen MR) is 224 cm³/mol. The van der Waals surface area contributed by atoms with Crippen LogP contribution in [-0.4, -0.2) is 60.7 Å². The molecule has 2 amide bonds. The zero-order valence-corrected chi connectivity index (χ0v) is 35.6. The van der Waals surface area contributed by atoms with Crippen LogP contribution in [0.2, 0.25) is 0 Å². The molecular weight excluding hydrogens is 823 g/mol. The zero-order chi connectivity index (χ0) is 41.2. The summed E-state index contributed by atoms with van der Waals surface area (Å²) in [5, 5.41) is 0. The van der Waals surface area contributed by atoms with Crippen molar-refractivity contribution in [1.29, 1.82) is 0 Å². The van der Waals surface area contributed by atoms with Crippen LogP contribution in [0.25, 0.3) is 0 Å². The van der Waals surface area contributed by atoms with Gasteiger partial charge in [-0.1, -0.05) is 71.8 Å². The molecule has 3 heterocycles. The van der Waals surface area contributed by atoms with Gasteiger partial charge in [0.05, 0.1) is 25.9 Å². The molecule has 0 spiro atoms. The minimum absolute atomic E-state index is 0. The molecule has 11 nitrogen and oxygen atoms in total. The molecule has 3 aliphatic heterocycles. The van der Waals surface area contributed by atoms with Crippen LogP contribution in [0.1, 0.15) is 33.4 Å². The minimum atomic E-state index is -0.579. The molecule has 6 radical (unpaired) electrons. The molecule has 0 atom stereocenters. The maximum atomic E-state index is 12.5. The van der Waals surface area contributed by atoms with Crippen molar-refractivity contribution in [2.45, 2.75) is 41.5 Å². The Morgan fingerprint density at radius 1 is 0.552 bits per heavy atom. The summed E-state index contributed by atoms with van der Waals surface area (Å²) in [5.41, 5.74) is 11.3. The molecule has 7 rings (SSSR count). The van der Waals surface area contributed by atoms with Crippen LogP contribution in [0.15, 0.2) is 110 Å². The number of likely N-dealkylation sites (N-methyl/N-ethyl adjacent to an activating group) is 2. The normalized spacial score (nSPS) is 14.0. The Hall–Kier alpha value is -5.70. The van der Waals surface area contributed by atoms with Gasteiger partial charge in [0.2, 0.25) is 25.2 Å². The second kappa shape index (κ2) is 20.6. The Morgan fingerprint density at radius 2 is 0.879 bits per heavy atom. The van der Waals surface area contributed by atoms with Crippen molar-refractivity contribution in [3.63, 3.8) is 0 Å². The molecule has 4 aromatic carbocycles. The number of ether oxygens (including phenoxy) is 1. The third kappa shape index (κ3) is 11.9. The third-order valence-corrected chi connectivity index (χ3v) is 9.22. The molecule has 0 N–H and O–H groups in total. The number of nitrogens with zero attached hydrogens (tertiary/aromatic N) is 6. The van der Waals surface area contributed by atoms with Gasteiger partial charge < -0.3 is 34.1 Å². The van der Waals surface area contributed by atoms with Crippen molar-refractivity contribution < 1.29 is 44.3 Å². The van der Waals surface area contributed by atoms with Crippen LogP contribution < -0.4 is 19.6 Å². The van der Waals surface area contributed by atoms with E-state index in [-0.39, 0.29) is 45.3 Å². The van der Waals surface area contributed by atoms with E-state index in [4.69, 9.17) is 0 Å². The quantitative estimate of drug-likeness (QED) is 0.104. The van der Waals surface area contributed by atoms with Gasteiger partial charge in [0.25, 0.3) is 0 Å². The maximum absolute atomic E-state index is 12.5. The van der Waals surface area contributed by atoms with Crippen molar-refractivity contribution >= 4 is 46.5 Å². The minimum Gasteiger partial charge on any atom is -0.393 e. The van der Waals surface area contributed by atoms with Crippen molar-refractivity contribution in [3.8, 4) is 0 Å². The number of hydrogen-bond donors (Lipinski definition) is 0. The monoisotopic (exact) mass is 870 g/mol. The second-order valence-corrected chi connectivity index (χ2v) is 13.9. The van der Waals surface area contributed by atoms with E-state index in [1.165, 1.54) is 33.4 Å². The Bertz CT molecular complexity index is 1940. The summed E-state index contributed by atoms with van der Waals surface area (Å²) in [6.45, 7) is 19.6. The van der Waals surface area contributed by atoms with Gasteiger partial charge in [0, 0.05) is 82.1 Å². The fraction of sp³-hybridized carbons (Fsp3) is 0.217. The fourth-order valence-corrected chi connectivity index (χ4v) is 6.63. The molecule has 0 aliphatic carbocycles. The first-order valence-corrected chi connectivity index (χ1v) is 18.4. The van der Waals surface area contributed by atoms with Gasteiger partial charge >= 0.3 is 11.9 Å². The van der Waals surface area contributed by atoms with E-state index in [1.807, 2.05) is 95.3 Å². The molecule has 4 aromatic rings. The Labute approximate surface area is 356 Å². The van der Waals surface area contributed by atoms with Crippen LogP contribution in [0.5, 0.6) is 0 Å². The molecule has 0 bridgehead atoms. The van der Waals surface area contributed by atoms with Crippen LogP contribution in [0, 0.1) is 67.7 Å². The first-order valence-electron chi connectivity index (χ1n) is 18.4. The number of carbonyl (C=O) groups excluding carboxylic acids is 4. The van der Waals surface area contributed by atoms with E-state index in [9.17, 15) is 19.2 Å². The number of rotatable bonds is 8. The molecule has 12 heteroatoms. The van der Waals surface area contributed by atoms with Gasteiger partial charge in [-0.3, -0.25) is 19.2 Å². The molecule has 1 fully saturated rings. The molecule has 0 unspecified atom stereocenters. The van der Waals surface area contributed by atoms with E-state index >= 15 is 0 Å². The first-order chi connectivity index (χ1) is 27.2. The molecular formula is C46H48N6O5Pd. The average Bonchev–Trinajstić information content (AvgIpc) is 3.93. The maximum Gasteiger partial charge on any atom is 0.318 e. The SMILES string of the molecule is Cc1cc(C)c(N2[C]N(CC(=O)N(C)c3ccccc3)C=C2)c(C)c1.Cc1cc(C)c(N2[C]N(CC(=O)N(C)c3ccccc3)C=C2)c(C)c1.O=C1[CH][CH]C(=O)O1.[Pd]. The van der Waals surface area contributed by atoms with E-state index in [1.54, 1.807) is 33.7 Å². The largest absolute Gasteiger partial charge is 0.393 e. The van der Waals surface area contributed by atoms with Crippen LogP contribution in [0.4, 0.5) is 22.7 Å². The second-order valence-electron chi connectivity index (χ2n) is 13.9. The Balaban J connectivity index is 0.000000216. The summed E-state index contributed by atoms with van der Waals surface area (Å²) in [6, 6.07) is 28.0. The number of hydrogen-bond acceptors (Lipinski definition) is 9. The van der Waals surface area contributed by atoms with E-state index in [2.05, 4.69) is 83.9 Å². The van der Waals surface area contributed by atoms with Crippen molar-refractivity contribution in [2.24, 2.45) is 0 Å². The van der Waals surface area contributed by atoms with Crippen LogP contribution in [-0.2, 0) is 44.3 Å². The van der Waals surface area contributed by atoms with Gasteiger partial charge in [-0.05, 0) is 88.1 Å². The summed E-state index contributed by atoms with van der Waals surface area (Å²) in [7, 11) is 3.59. The molecule has 0 saturated carbocycles. The topological polar surface area (TPSA) is 97.0 Å². The summed E-state index contributed by atoms with van der Waals surface area (Å²) in [6.07, 6.45) is 9.83. The van der Waals surface area contributed by atoms with Crippen molar-refractivity contribution in [2.75, 3.05) is 46.8 Å². The number of esters is 2. The first kappa shape index (κ1) is 45.0. The van der Waals surface area contributed by atoms with E-state index in [0.29, 0.717) is 0 Å². The number of benzene rings is 4. The standard InChI is InChI=1S/2C21H23N3O.C4H2O3.Pd/c2*1-16-12-17(2)21(18(3)13-16)24-11-10-23(15-24)14-20(25)22(4)19-8-6-5-7-9-19;5-3-1-2-4(6)7-3;/h2*5-13H,14H2,1-4H3;1-2H;. The van der Waals surface area contributed by atoms with E-state index < -0.39 is 11.9 Å². The fourth-order valence-electron chi connectivity index (χ4n) is 6.63. The number of carbonyl (C=O) groups is 4. The summed E-state index contributed by atoms with van der Waals surface area (Å²) in [5.74, 6) is -1.12. The number of amides is 2. The van der Waals surface area contributed by atoms with Gasteiger partial charge in [-0.15, -0.1) is 0 Å². The van der Waals surface area contributed by atoms with Crippen LogP contribution >= 0.6 is 0 Å². The molecule has 3 aliphatic rings. The van der Waals surface area contributed by atoms with Crippen LogP contribution in [0.3, 0.4) is 0 Å². The molecule has 1 saturated heterocycles. The third-order valence-electron chi connectivity index (χ3n) is 9.22. The molecule has 0 aromatic heterocycles. The Morgan fingerprint density at radius 3 is 1.17 bits per heavy atom. The number of para-hydroxylation sites is 2. The number of anilines is 4. The zero-order valence-electron chi connectivity index (χ0n) is 34.0. The van der Waals surface area contributed by atoms with E-state index in [0.717, 1.165) is 35.6 Å². The number of cyclic esters (lactones) is 2. The van der Waals surface area contributed by atoms with Crippen molar-refractivity contribution in [1.82, 2.24) is 9.80 Å². The number of aryl methyl sites for hydroxylation is 6. The summed E-state index contributed by atoms with van der Waals surface area (Å²) >= 11 is 0. The average molecular weight is 871 g/mol. The summed E-state index contributed by atoms with van der Waals surface area (Å²) in [4.78, 5) is 55.7. The Kier molecular flexibility index (Phi) is 16.0. The van der Waals surface area contributed by atoms with Gasteiger partial charge in [0.1, 0.15) is 0 Å². The van der Waals surface area contributed by atoms with Gasteiger partial charge in [-0.25, -0.2) is 0 Å². The van der Waals surface area contributed by atoms with Gasteiger partial charge in [0.15, 0.2) is 0 Å².